The molecule has 1 amide bonds. The van der Waals surface area contributed by atoms with Gasteiger partial charge >= 0.3 is 0 Å². The van der Waals surface area contributed by atoms with Crippen molar-refractivity contribution in [3.8, 4) is 11.5 Å². The van der Waals surface area contributed by atoms with E-state index in [4.69, 9.17) is 21.1 Å². The summed E-state index contributed by atoms with van der Waals surface area (Å²) in [6.07, 6.45) is 0. The molecule has 1 aliphatic carbocycles. The van der Waals surface area contributed by atoms with Crippen LogP contribution in [-0.2, 0) is 14.8 Å². The number of benzene rings is 3. The number of ether oxygens (including phenoxy) is 2. The summed E-state index contributed by atoms with van der Waals surface area (Å²) >= 11 is 7.28. The zero-order valence-corrected chi connectivity index (χ0v) is 26.6. The maximum Gasteiger partial charge on any atom is 0.268 e. The molecule has 234 valence electrons. The highest BCUT2D eigenvalue weighted by Gasteiger charge is 2.58. The Balaban J connectivity index is 1.03. The summed E-state index contributed by atoms with van der Waals surface area (Å²) in [5.41, 5.74) is 0.998. The van der Waals surface area contributed by atoms with Crippen LogP contribution in [0.25, 0.3) is 0 Å². The largest absolute Gasteiger partial charge is 0.457 e. The molecule has 2 aliphatic heterocycles. The first kappa shape index (κ1) is 30.2. The fraction of sp³-hybridized carbons (Fsp3) is 0.303. The summed E-state index contributed by atoms with van der Waals surface area (Å²) in [6.45, 7) is 3.47. The van der Waals surface area contributed by atoms with E-state index in [-0.39, 0.29) is 34.4 Å². The standard InChI is InChI=1S/C33H31ClFN3O5S2/c34-22-3-6-24(7-4-22)43-25-8-10-26(11-9-25)45(40,41)37-19-27-28(20-37)29(27)21-38(33(39)32-2-1-17-44-32)23-5-12-31(30(35)18-23)36-13-15-42-16-14-36/h1-12,17-18,27-29H,13-16,19-21H2. The van der Waals surface area contributed by atoms with E-state index < -0.39 is 10.0 Å². The van der Waals surface area contributed by atoms with Crippen molar-refractivity contribution in [1.82, 2.24) is 4.31 Å². The molecule has 7 rings (SSSR count). The van der Waals surface area contributed by atoms with E-state index in [1.165, 1.54) is 21.7 Å². The lowest BCUT2D eigenvalue weighted by atomic mass is 10.2. The highest BCUT2D eigenvalue weighted by molar-refractivity contribution is 7.89. The number of carbonyl (C=O) groups is 1. The van der Waals surface area contributed by atoms with Crippen LogP contribution in [0.15, 0.2) is 89.1 Å². The Morgan fingerprint density at radius 1 is 0.978 bits per heavy atom. The molecule has 3 aromatic carbocycles. The van der Waals surface area contributed by atoms with Crippen molar-refractivity contribution in [3.63, 3.8) is 0 Å². The number of halogens is 2. The fourth-order valence-corrected chi connectivity index (χ4v) is 8.63. The molecule has 0 bridgehead atoms. The Morgan fingerprint density at radius 2 is 1.64 bits per heavy atom. The zero-order chi connectivity index (χ0) is 31.1. The molecule has 45 heavy (non-hydrogen) atoms. The van der Waals surface area contributed by atoms with E-state index in [1.54, 1.807) is 71.6 Å². The smallest absolute Gasteiger partial charge is 0.268 e. The van der Waals surface area contributed by atoms with Gasteiger partial charge in [-0.15, -0.1) is 11.3 Å². The lowest BCUT2D eigenvalue weighted by molar-refractivity contribution is 0.0988. The number of sulfonamides is 1. The number of anilines is 2. The summed E-state index contributed by atoms with van der Waals surface area (Å²) in [6, 6.07) is 21.9. The predicted molar refractivity (Wildman–Crippen MR) is 173 cm³/mol. The summed E-state index contributed by atoms with van der Waals surface area (Å²) in [4.78, 5) is 18.0. The Kier molecular flexibility index (Phi) is 8.30. The van der Waals surface area contributed by atoms with Crippen molar-refractivity contribution < 1.29 is 27.1 Å². The average molecular weight is 668 g/mol. The Hall–Kier alpha value is -3.48. The van der Waals surface area contributed by atoms with Crippen LogP contribution in [0.4, 0.5) is 15.8 Å². The number of rotatable bonds is 9. The number of nitrogens with zero attached hydrogens (tertiary/aromatic N) is 3. The third kappa shape index (κ3) is 6.19. The van der Waals surface area contributed by atoms with Gasteiger partial charge < -0.3 is 19.3 Å². The molecule has 1 aromatic heterocycles. The molecule has 4 aromatic rings. The normalized spacial score (nSPS) is 21.4. The van der Waals surface area contributed by atoms with Gasteiger partial charge in [-0.25, -0.2) is 12.8 Å². The molecular formula is C33H31ClFN3O5S2. The van der Waals surface area contributed by atoms with E-state index in [2.05, 4.69) is 0 Å². The van der Waals surface area contributed by atoms with Crippen LogP contribution in [-0.4, -0.2) is 64.6 Å². The van der Waals surface area contributed by atoms with Crippen molar-refractivity contribution in [1.29, 1.82) is 0 Å². The van der Waals surface area contributed by atoms with Gasteiger partial charge in [0.25, 0.3) is 5.91 Å². The van der Waals surface area contributed by atoms with Crippen LogP contribution in [0, 0.1) is 23.6 Å². The topological polar surface area (TPSA) is 79.4 Å². The highest BCUT2D eigenvalue weighted by Crippen LogP contribution is 2.53. The van der Waals surface area contributed by atoms with Gasteiger partial charge in [0.2, 0.25) is 10.0 Å². The molecule has 2 unspecified atom stereocenters. The quantitative estimate of drug-likeness (QED) is 0.206. The van der Waals surface area contributed by atoms with Crippen LogP contribution in [0.2, 0.25) is 5.02 Å². The summed E-state index contributed by atoms with van der Waals surface area (Å²) in [7, 11) is -3.70. The number of amides is 1. The maximum absolute atomic E-state index is 15.4. The summed E-state index contributed by atoms with van der Waals surface area (Å²) < 4.78 is 55.0. The van der Waals surface area contributed by atoms with Gasteiger partial charge in [0.05, 0.1) is 28.7 Å². The van der Waals surface area contributed by atoms with E-state index in [1.807, 2.05) is 16.3 Å². The highest BCUT2D eigenvalue weighted by atomic mass is 35.5. The number of fused-ring (bicyclic) bond motifs is 1. The molecule has 0 spiro atoms. The van der Waals surface area contributed by atoms with Crippen molar-refractivity contribution >= 4 is 50.2 Å². The molecule has 2 saturated heterocycles. The SMILES string of the molecule is O=C(c1cccs1)N(CC1C2CN(S(=O)(=O)c3ccc(Oc4ccc(Cl)cc4)cc3)CC12)c1ccc(N2CCOCC2)c(F)c1. The lowest BCUT2D eigenvalue weighted by Gasteiger charge is -2.30. The van der Waals surface area contributed by atoms with E-state index in [0.717, 1.165) is 0 Å². The van der Waals surface area contributed by atoms with Crippen molar-refractivity contribution in [2.24, 2.45) is 17.8 Å². The fourth-order valence-electron chi connectivity index (χ4n) is 6.32. The van der Waals surface area contributed by atoms with E-state index in [9.17, 15) is 13.2 Å². The molecule has 8 nitrogen and oxygen atoms in total. The van der Waals surface area contributed by atoms with Crippen LogP contribution in [0.3, 0.4) is 0 Å². The molecule has 3 fully saturated rings. The van der Waals surface area contributed by atoms with Gasteiger partial charge in [-0.3, -0.25) is 4.79 Å². The van der Waals surface area contributed by atoms with Crippen LogP contribution in [0.5, 0.6) is 11.5 Å². The minimum absolute atomic E-state index is 0.123. The Labute approximate surface area is 270 Å². The van der Waals surface area contributed by atoms with Gasteiger partial charge in [-0.2, -0.15) is 4.31 Å². The van der Waals surface area contributed by atoms with Crippen LogP contribution in [0.1, 0.15) is 9.67 Å². The Morgan fingerprint density at radius 3 is 2.27 bits per heavy atom. The van der Waals surface area contributed by atoms with Gasteiger partial charge in [0.1, 0.15) is 17.3 Å². The third-order valence-corrected chi connectivity index (χ3v) is 11.8. The minimum Gasteiger partial charge on any atom is -0.457 e. The van der Waals surface area contributed by atoms with Gasteiger partial charge in [-0.05, 0) is 95.9 Å². The predicted octanol–water partition coefficient (Wildman–Crippen LogP) is 6.38. The first-order valence-corrected chi connectivity index (χ1v) is 17.5. The monoisotopic (exact) mass is 667 g/mol. The number of thiophene rings is 1. The second-order valence-corrected chi connectivity index (χ2v) is 14.8. The second kappa shape index (κ2) is 12.4. The molecule has 12 heteroatoms. The molecule has 2 atom stereocenters. The first-order chi connectivity index (χ1) is 21.8. The van der Waals surface area contributed by atoms with Crippen molar-refractivity contribution in [2.45, 2.75) is 4.90 Å². The number of hydrogen-bond donors (Lipinski definition) is 0. The van der Waals surface area contributed by atoms with Gasteiger partial charge in [-0.1, -0.05) is 17.7 Å². The molecular weight excluding hydrogens is 637 g/mol. The molecule has 0 radical (unpaired) electrons. The number of hydrogen-bond acceptors (Lipinski definition) is 7. The first-order valence-electron chi connectivity index (χ1n) is 14.8. The average Bonchev–Trinajstić information content (AvgIpc) is 3.43. The van der Waals surface area contributed by atoms with Crippen molar-refractivity contribution in [3.05, 3.63) is 100.0 Å². The lowest BCUT2D eigenvalue weighted by Crippen LogP contribution is -2.37. The third-order valence-electron chi connectivity index (χ3n) is 8.81. The van der Waals surface area contributed by atoms with Gasteiger partial charge in [0.15, 0.2) is 0 Å². The molecule has 0 N–H and O–H groups in total. The maximum atomic E-state index is 15.4. The zero-order valence-electron chi connectivity index (χ0n) is 24.2. The van der Waals surface area contributed by atoms with E-state index >= 15 is 4.39 Å². The summed E-state index contributed by atoms with van der Waals surface area (Å²) in [5, 5.41) is 2.45. The Bertz CT molecular complexity index is 1770. The van der Waals surface area contributed by atoms with Crippen molar-refractivity contribution in [2.75, 3.05) is 55.7 Å². The van der Waals surface area contributed by atoms with Crippen LogP contribution < -0.4 is 14.5 Å². The summed E-state index contributed by atoms with van der Waals surface area (Å²) in [5.74, 6) is 0.938. The molecule has 3 heterocycles. The van der Waals surface area contributed by atoms with Gasteiger partial charge in [0, 0.05) is 43.4 Å². The number of morpholine rings is 1. The van der Waals surface area contributed by atoms with Crippen LogP contribution >= 0.6 is 22.9 Å². The number of piperidine rings is 1. The second-order valence-electron chi connectivity index (χ2n) is 11.5. The molecule has 3 aliphatic rings. The number of carbonyl (C=O) groups excluding carboxylic acids is 1. The molecule has 1 saturated carbocycles. The minimum atomic E-state index is -3.70. The van der Waals surface area contributed by atoms with E-state index in [0.29, 0.717) is 78.7 Å².